The van der Waals surface area contributed by atoms with Gasteiger partial charge in [0.1, 0.15) is 6.61 Å². The van der Waals surface area contributed by atoms with Gasteiger partial charge < -0.3 is 20.3 Å². The van der Waals surface area contributed by atoms with Crippen LogP contribution in [0.2, 0.25) is 0 Å². The van der Waals surface area contributed by atoms with Crippen LogP contribution in [0.3, 0.4) is 0 Å². The summed E-state index contributed by atoms with van der Waals surface area (Å²) >= 11 is 0. The number of benzene rings is 2. The van der Waals surface area contributed by atoms with Crippen molar-refractivity contribution in [3.63, 3.8) is 0 Å². The summed E-state index contributed by atoms with van der Waals surface area (Å²) in [5.74, 6) is -1.28. The molecular weight excluding hydrogens is 544 g/mol. The number of aromatic carboxylic acids is 1. The van der Waals surface area contributed by atoms with E-state index in [2.05, 4.69) is 14.7 Å². The summed E-state index contributed by atoms with van der Waals surface area (Å²) in [4.78, 5) is 19.8. The van der Waals surface area contributed by atoms with Gasteiger partial charge in [-0.25, -0.2) is 22.9 Å². The third kappa shape index (κ3) is 7.89. The Bertz CT molecular complexity index is 1390. The molecule has 1 aromatic heterocycles. The monoisotopic (exact) mass is 576 g/mol. The first-order chi connectivity index (χ1) is 18.1. The van der Waals surface area contributed by atoms with Crippen molar-refractivity contribution >= 4 is 34.3 Å². The number of sulfonamides is 1. The second-order valence-electron chi connectivity index (χ2n) is 9.42. The van der Waals surface area contributed by atoms with Crippen molar-refractivity contribution in [2.45, 2.75) is 56.6 Å². The maximum absolute atomic E-state index is 13.1. The lowest BCUT2D eigenvalue weighted by molar-refractivity contribution is 0.00479. The number of nitrogens with one attached hydrogen (secondary N) is 1. The van der Waals surface area contributed by atoms with E-state index in [1.165, 1.54) is 18.2 Å². The lowest BCUT2D eigenvalue weighted by Crippen LogP contribution is -2.34. The molecule has 0 unspecified atom stereocenters. The van der Waals surface area contributed by atoms with E-state index in [-0.39, 0.29) is 53.4 Å². The minimum Gasteiger partial charge on any atom is -0.478 e. The molecule has 1 aliphatic rings. The van der Waals surface area contributed by atoms with E-state index < -0.39 is 16.0 Å². The van der Waals surface area contributed by atoms with E-state index in [0.29, 0.717) is 12.1 Å². The molecule has 2 aromatic carbocycles. The molecule has 0 radical (unpaired) electrons. The molecule has 10 nitrogen and oxygen atoms in total. The van der Waals surface area contributed by atoms with Crippen LogP contribution in [0.1, 0.15) is 47.2 Å². The van der Waals surface area contributed by atoms with E-state index in [9.17, 15) is 18.3 Å². The summed E-state index contributed by atoms with van der Waals surface area (Å²) in [6.07, 6.45) is 3.88. The van der Waals surface area contributed by atoms with Gasteiger partial charge in [0.15, 0.2) is 0 Å². The number of carboxylic acid groups (broad SMARTS) is 1. The number of hydrogen-bond acceptors (Lipinski definition) is 8. The predicted molar refractivity (Wildman–Crippen MR) is 150 cm³/mol. The molecule has 12 heteroatoms. The van der Waals surface area contributed by atoms with Crippen LogP contribution in [0.5, 0.6) is 5.88 Å². The van der Waals surface area contributed by atoms with Gasteiger partial charge in [-0.15, -0.1) is 12.4 Å². The molecule has 210 valence electrons. The molecular formula is C27H33ClN4O6S. The first-order valence-electron chi connectivity index (χ1n) is 12.4. The fourth-order valence-corrected chi connectivity index (χ4v) is 5.45. The fourth-order valence-electron chi connectivity index (χ4n) is 4.46. The number of anilines is 1. The smallest absolute Gasteiger partial charge is 0.335 e. The lowest BCUT2D eigenvalue weighted by atomic mass is 10.00. The van der Waals surface area contributed by atoms with Gasteiger partial charge in [0, 0.05) is 24.3 Å². The molecule has 4 rings (SSSR count). The van der Waals surface area contributed by atoms with Crippen molar-refractivity contribution in [3.8, 4) is 17.1 Å². The van der Waals surface area contributed by atoms with Crippen LogP contribution in [-0.2, 0) is 14.8 Å². The van der Waals surface area contributed by atoms with Crippen molar-refractivity contribution in [2.75, 3.05) is 17.9 Å². The number of nitrogens with two attached hydrogens (primary N) is 1. The number of nitrogens with zero attached hydrogens (tertiary/aromatic N) is 2. The highest BCUT2D eigenvalue weighted by Crippen LogP contribution is 2.29. The van der Waals surface area contributed by atoms with Crippen LogP contribution in [-0.4, -0.2) is 54.8 Å². The Kier molecular flexibility index (Phi) is 10.3. The normalized spacial score (nSPS) is 16.1. The van der Waals surface area contributed by atoms with Crippen molar-refractivity contribution in [3.05, 3.63) is 65.2 Å². The lowest BCUT2D eigenvalue weighted by Gasteiger charge is -2.25. The molecule has 1 fully saturated rings. The Morgan fingerprint density at radius 2 is 1.87 bits per heavy atom. The number of halogens is 1. The van der Waals surface area contributed by atoms with Crippen molar-refractivity contribution in [1.29, 1.82) is 0 Å². The van der Waals surface area contributed by atoms with Crippen LogP contribution < -0.4 is 15.2 Å². The number of ether oxygens (including phenoxy) is 2. The number of hydrogen-bond donors (Lipinski definition) is 3. The molecule has 3 aromatic rings. The quantitative estimate of drug-likeness (QED) is 0.319. The molecule has 0 saturated carbocycles. The molecule has 0 spiro atoms. The third-order valence-electron chi connectivity index (χ3n) is 6.34. The summed E-state index contributed by atoms with van der Waals surface area (Å²) in [6, 6.07) is 12.2. The zero-order valence-electron chi connectivity index (χ0n) is 21.8. The zero-order valence-corrected chi connectivity index (χ0v) is 23.4. The maximum atomic E-state index is 13.1. The Morgan fingerprint density at radius 1 is 1.15 bits per heavy atom. The van der Waals surface area contributed by atoms with E-state index in [1.807, 2.05) is 32.0 Å². The maximum Gasteiger partial charge on any atom is 0.335 e. The predicted octanol–water partition coefficient (Wildman–Crippen LogP) is 4.35. The summed E-state index contributed by atoms with van der Waals surface area (Å²) < 4.78 is 40.3. The number of aromatic nitrogens is 2. The number of carbonyl (C=O) groups is 1. The molecule has 0 amide bonds. The Morgan fingerprint density at radius 3 is 2.54 bits per heavy atom. The molecule has 1 aliphatic heterocycles. The summed E-state index contributed by atoms with van der Waals surface area (Å²) in [6.45, 7) is 4.77. The van der Waals surface area contributed by atoms with Gasteiger partial charge in [-0.05, 0) is 68.9 Å². The van der Waals surface area contributed by atoms with Crippen molar-refractivity contribution < 1.29 is 27.8 Å². The Labute approximate surface area is 234 Å². The topological polar surface area (TPSA) is 154 Å². The average Bonchev–Trinajstić information content (AvgIpc) is 2.88. The molecule has 39 heavy (non-hydrogen) atoms. The minimum absolute atomic E-state index is 0. The van der Waals surface area contributed by atoms with Crippen molar-refractivity contribution in [1.82, 2.24) is 9.97 Å². The second-order valence-corrected chi connectivity index (χ2v) is 11.1. The minimum atomic E-state index is -4.19. The first kappa shape index (κ1) is 30.3. The number of rotatable bonds is 10. The van der Waals surface area contributed by atoms with E-state index in [0.717, 1.165) is 48.6 Å². The molecule has 2 atom stereocenters. The molecule has 2 heterocycles. The van der Waals surface area contributed by atoms with Gasteiger partial charge in [0.2, 0.25) is 11.8 Å². The van der Waals surface area contributed by atoms with Gasteiger partial charge in [0.25, 0.3) is 10.0 Å². The molecule has 1 saturated heterocycles. The summed E-state index contributed by atoms with van der Waals surface area (Å²) in [7, 11) is -4.19. The second kappa shape index (κ2) is 13.2. The Hall–Kier alpha value is -3.25. The zero-order chi connectivity index (χ0) is 27.3. The van der Waals surface area contributed by atoms with Crippen LogP contribution in [0, 0.1) is 13.8 Å². The van der Waals surface area contributed by atoms with E-state index in [4.69, 9.17) is 15.2 Å². The molecule has 4 N–H and O–H groups in total. The number of aryl methyl sites for hydroxylation is 2. The fraction of sp³-hybridized carbons (Fsp3) is 0.370. The molecule has 0 aliphatic carbocycles. The highest BCUT2D eigenvalue weighted by Gasteiger charge is 2.21. The summed E-state index contributed by atoms with van der Waals surface area (Å²) in [5.41, 5.74) is 9.34. The number of carboxylic acids is 1. The van der Waals surface area contributed by atoms with Crippen LogP contribution in [0.15, 0.2) is 53.4 Å². The average molecular weight is 577 g/mol. The largest absolute Gasteiger partial charge is 0.478 e. The highest BCUT2D eigenvalue weighted by atomic mass is 35.5. The SMILES string of the molecule is Cc1cccc(C)c1-c1cc(OC[C@H](N)C[C@H]2CCCCO2)nc(NS(=O)(=O)c2cccc(C(=O)O)c2)n1.Cl. The molecule has 0 bridgehead atoms. The van der Waals surface area contributed by atoms with Crippen molar-refractivity contribution in [2.24, 2.45) is 5.73 Å². The highest BCUT2D eigenvalue weighted by molar-refractivity contribution is 7.92. The van der Waals surface area contributed by atoms with Gasteiger partial charge in [0.05, 0.1) is 22.3 Å². The first-order valence-corrected chi connectivity index (χ1v) is 13.9. The van der Waals surface area contributed by atoms with Gasteiger partial charge >= 0.3 is 5.97 Å². The van der Waals surface area contributed by atoms with E-state index >= 15 is 0 Å². The van der Waals surface area contributed by atoms with Gasteiger partial charge in [-0.1, -0.05) is 24.3 Å². The standard InChI is InChI=1S/C27H32N4O6S.ClH/c1-17-7-5-8-18(2)25(17)23-15-24(37-16-20(28)14-21-10-3-4-12-36-21)30-27(29-23)31-38(34,35)22-11-6-9-19(13-22)26(32)33;/h5-9,11,13,15,20-21H,3-4,10,12,14,16,28H2,1-2H3,(H,32,33)(H,29,30,31);1H/t20-,21-;/m1./s1. The van der Waals surface area contributed by atoms with E-state index in [1.54, 1.807) is 6.07 Å². The van der Waals surface area contributed by atoms with Crippen LogP contribution >= 0.6 is 12.4 Å². The van der Waals surface area contributed by atoms with Gasteiger partial charge in [-0.2, -0.15) is 4.98 Å². The Balaban J connectivity index is 0.00000420. The van der Waals surface area contributed by atoms with Crippen LogP contribution in [0.4, 0.5) is 5.95 Å². The third-order valence-corrected chi connectivity index (χ3v) is 7.67. The summed E-state index contributed by atoms with van der Waals surface area (Å²) in [5, 5.41) is 9.25. The van der Waals surface area contributed by atoms with Gasteiger partial charge in [-0.3, -0.25) is 0 Å². The van der Waals surface area contributed by atoms with Crippen LogP contribution in [0.25, 0.3) is 11.3 Å².